The summed E-state index contributed by atoms with van der Waals surface area (Å²) in [5.41, 5.74) is -0.787. The summed E-state index contributed by atoms with van der Waals surface area (Å²) in [6.07, 6.45) is 0.205. The third kappa shape index (κ3) is 4.34. The Morgan fingerprint density at radius 3 is 2.50 bits per heavy atom. The van der Waals surface area contributed by atoms with Gasteiger partial charge in [0.25, 0.3) is 0 Å². The van der Waals surface area contributed by atoms with Crippen LogP contribution in [0.1, 0.15) is 32.8 Å². The minimum atomic E-state index is -0.748. The van der Waals surface area contributed by atoms with Gasteiger partial charge in [0, 0.05) is 32.2 Å². The van der Waals surface area contributed by atoms with E-state index in [2.05, 4.69) is 0 Å². The minimum Gasteiger partial charge on any atom is -0.444 e. The topological polar surface area (TPSA) is 56.6 Å². The number of rotatable bonds is 1. The van der Waals surface area contributed by atoms with Crippen molar-refractivity contribution in [2.45, 2.75) is 32.8 Å². The molecule has 0 radical (unpaired) electrons. The number of benzene rings is 1. The van der Waals surface area contributed by atoms with Gasteiger partial charge in [0.1, 0.15) is 23.3 Å². The first-order valence-electron chi connectivity index (χ1n) is 7.83. The molecule has 1 aromatic rings. The number of hydrogen-bond donors (Lipinski definition) is 0. The van der Waals surface area contributed by atoms with Crippen LogP contribution in [0.2, 0.25) is 0 Å². The fraction of sp³-hybridized carbons (Fsp3) is 0.529. The van der Waals surface area contributed by atoms with Crippen LogP contribution < -0.4 is 4.90 Å². The number of hydrogen-bond acceptors (Lipinski definition) is 4. The summed E-state index contributed by atoms with van der Waals surface area (Å²) in [6.45, 7) is 7.09. The highest BCUT2D eigenvalue weighted by atomic mass is 19.1. The molecule has 0 unspecified atom stereocenters. The van der Waals surface area contributed by atoms with Crippen molar-refractivity contribution in [3.05, 3.63) is 29.3 Å². The van der Waals surface area contributed by atoms with Gasteiger partial charge < -0.3 is 14.5 Å². The van der Waals surface area contributed by atoms with Crippen LogP contribution in [0.3, 0.4) is 0 Å². The average Bonchev–Trinajstić information content (AvgIpc) is 2.73. The standard InChI is InChI=1S/C17H21F2N3O2/c1-17(2,3)24-16(23)22-6-4-5-21(7-8-22)15-10-13(18)12(11-20)9-14(15)19/h9-10H,4-8H2,1-3H3. The highest BCUT2D eigenvalue weighted by Crippen LogP contribution is 2.24. The number of nitrogens with zero attached hydrogens (tertiary/aromatic N) is 3. The first-order valence-corrected chi connectivity index (χ1v) is 7.83. The molecule has 0 saturated carbocycles. The molecular formula is C17H21F2N3O2. The predicted molar refractivity (Wildman–Crippen MR) is 85.7 cm³/mol. The monoisotopic (exact) mass is 337 g/mol. The molecule has 0 bridgehead atoms. The molecule has 1 fully saturated rings. The van der Waals surface area contributed by atoms with Gasteiger partial charge >= 0.3 is 6.09 Å². The van der Waals surface area contributed by atoms with Gasteiger partial charge in [-0.15, -0.1) is 0 Å². The van der Waals surface area contributed by atoms with Gasteiger partial charge in [0.2, 0.25) is 0 Å². The fourth-order valence-corrected chi connectivity index (χ4v) is 2.53. The molecule has 1 aliphatic rings. The van der Waals surface area contributed by atoms with Crippen molar-refractivity contribution >= 4 is 11.8 Å². The van der Waals surface area contributed by atoms with E-state index in [1.165, 1.54) is 0 Å². The van der Waals surface area contributed by atoms with Gasteiger partial charge in [-0.2, -0.15) is 5.26 Å². The SMILES string of the molecule is CC(C)(C)OC(=O)N1CCCN(c2cc(F)c(C#N)cc2F)CC1. The maximum Gasteiger partial charge on any atom is 0.410 e. The first kappa shape index (κ1) is 18.0. The molecule has 7 heteroatoms. The lowest BCUT2D eigenvalue weighted by Crippen LogP contribution is -2.39. The lowest BCUT2D eigenvalue weighted by atomic mass is 10.2. The van der Waals surface area contributed by atoms with Crippen molar-refractivity contribution in [1.29, 1.82) is 5.26 Å². The van der Waals surface area contributed by atoms with Crippen LogP contribution in [-0.4, -0.2) is 42.8 Å². The van der Waals surface area contributed by atoms with Gasteiger partial charge in [-0.25, -0.2) is 13.6 Å². The molecular weight excluding hydrogens is 316 g/mol. The molecule has 0 N–H and O–H groups in total. The molecule has 1 aliphatic heterocycles. The number of amides is 1. The zero-order chi connectivity index (χ0) is 17.9. The maximum atomic E-state index is 14.1. The van der Waals surface area contributed by atoms with E-state index in [-0.39, 0.29) is 11.3 Å². The van der Waals surface area contributed by atoms with Gasteiger partial charge in [0.15, 0.2) is 0 Å². The number of nitriles is 1. The number of carbonyl (C=O) groups excluding carboxylic acids is 1. The third-order valence-corrected chi connectivity index (χ3v) is 3.65. The maximum absolute atomic E-state index is 14.1. The van der Waals surface area contributed by atoms with E-state index < -0.39 is 23.3 Å². The Balaban J connectivity index is 2.10. The molecule has 1 aromatic carbocycles. The first-order chi connectivity index (χ1) is 11.2. The fourth-order valence-electron chi connectivity index (χ4n) is 2.53. The molecule has 1 heterocycles. The molecule has 1 saturated heterocycles. The molecule has 24 heavy (non-hydrogen) atoms. The summed E-state index contributed by atoms with van der Waals surface area (Å²) in [5.74, 6) is -1.39. The van der Waals surface area contributed by atoms with Gasteiger partial charge in [-0.3, -0.25) is 0 Å². The molecule has 130 valence electrons. The van der Waals surface area contributed by atoms with Crippen LogP contribution in [0, 0.1) is 23.0 Å². The lowest BCUT2D eigenvalue weighted by molar-refractivity contribution is 0.0263. The van der Waals surface area contributed by atoms with Gasteiger partial charge in [-0.1, -0.05) is 0 Å². The number of anilines is 1. The van der Waals surface area contributed by atoms with Crippen molar-refractivity contribution in [3.8, 4) is 6.07 Å². The van der Waals surface area contributed by atoms with Gasteiger partial charge in [-0.05, 0) is 33.3 Å². The van der Waals surface area contributed by atoms with E-state index in [1.54, 1.807) is 36.6 Å². The zero-order valence-electron chi connectivity index (χ0n) is 14.1. The molecule has 0 spiro atoms. The number of carbonyl (C=O) groups is 1. The molecule has 0 atom stereocenters. The summed E-state index contributed by atoms with van der Waals surface area (Å²) in [6, 6.07) is 3.56. The highest BCUT2D eigenvalue weighted by Gasteiger charge is 2.25. The third-order valence-electron chi connectivity index (χ3n) is 3.65. The normalized spacial score (nSPS) is 15.7. The van der Waals surface area contributed by atoms with Crippen molar-refractivity contribution in [3.63, 3.8) is 0 Å². The van der Waals surface area contributed by atoms with Crippen LogP contribution in [0.4, 0.5) is 19.3 Å². The Labute approximate surface area is 140 Å². The average molecular weight is 337 g/mol. The quantitative estimate of drug-likeness (QED) is 0.789. The predicted octanol–water partition coefficient (Wildman–Crippen LogP) is 3.28. The molecule has 0 aliphatic carbocycles. The summed E-state index contributed by atoms with van der Waals surface area (Å²) >= 11 is 0. The van der Waals surface area contributed by atoms with Crippen molar-refractivity contribution in [1.82, 2.24) is 4.90 Å². The van der Waals surface area contributed by atoms with Crippen molar-refractivity contribution < 1.29 is 18.3 Å². The second-order valence-corrected chi connectivity index (χ2v) is 6.70. The Morgan fingerprint density at radius 2 is 1.88 bits per heavy atom. The Bertz CT molecular complexity index is 665. The van der Waals surface area contributed by atoms with E-state index in [1.807, 2.05) is 0 Å². The second-order valence-electron chi connectivity index (χ2n) is 6.70. The summed E-state index contributed by atoms with van der Waals surface area (Å²) in [4.78, 5) is 15.4. The number of halogens is 2. The van der Waals surface area contributed by atoms with Crippen molar-refractivity contribution in [2.24, 2.45) is 0 Å². The molecule has 0 aromatic heterocycles. The lowest BCUT2D eigenvalue weighted by Gasteiger charge is -2.27. The molecule has 1 amide bonds. The van der Waals surface area contributed by atoms with E-state index in [0.717, 1.165) is 12.1 Å². The van der Waals surface area contributed by atoms with Crippen molar-refractivity contribution in [2.75, 3.05) is 31.1 Å². The van der Waals surface area contributed by atoms with Crippen LogP contribution in [0.5, 0.6) is 0 Å². The summed E-state index contributed by atoms with van der Waals surface area (Å²) < 4.78 is 33.3. The molecule has 2 rings (SSSR count). The van der Waals surface area contributed by atoms with Crippen LogP contribution in [0.15, 0.2) is 12.1 Å². The van der Waals surface area contributed by atoms with E-state index >= 15 is 0 Å². The van der Waals surface area contributed by atoms with E-state index in [9.17, 15) is 13.6 Å². The molecule has 5 nitrogen and oxygen atoms in total. The summed E-state index contributed by atoms with van der Waals surface area (Å²) in [7, 11) is 0. The van der Waals surface area contributed by atoms with Crippen LogP contribution in [0.25, 0.3) is 0 Å². The second kappa shape index (κ2) is 7.04. The zero-order valence-corrected chi connectivity index (χ0v) is 14.1. The van der Waals surface area contributed by atoms with E-state index in [4.69, 9.17) is 10.00 Å². The largest absolute Gasteiger partial charge is 0.444 e. The Hall–Kier alpha value is -2.36. The van der Waals surface area contributed by atoms with E-state index in [0.29, 0.717) is 32.6 Å². The van der Waals surface area contributed by atoms with Crippen LogP contribution in [-0.2, 0) is 4.74 Å². The highest BCUT2D eigenvalue weighted by molar-refractivity contribution is 5.68. The minimum absolute atomic E-state index is 0.109. The Morgan fingerprint density at radius 1 is 1.17 bits per heavy atom. The Kier molecular flexibility index (Phi) is 5.27. The van der Waals surface area contributed by atoms with Gasteiger partial charge in [0.05, 0.1) is 11.3 Å². The smallest absolute Gasteiger partial charge is 0.410 e. The number of ether oxygens (including phenoxy) is 1. The summed E-state index contributed by atoms with van der Waals surface area (Å²) in [5, 5.41) is 8.75. The van der Waals surface area contributed by atoms with Crippen LogP contribution >= 0.6 is 0 Å².